The number of ether oxygens (including phenoxy) is 1. The summed E-state index contributed by atoms with van der Waals surface area (Å²) in [6.45, 7) is 11.1. The lowest BCUT2D eigenvalue weighted by Crippen LogP contribution is -2.52. The highest BCUT2D eigenvalue weighted by molar-refractivity contribution is 5.89. The summed E-state index contributed by atoms with van der Waals surface area (Å²) < 4.78 is 5.24. The number of amides is 3. The fourth-order valence-corrected chi connectivity index (χ4v) is 2.79. The van der Waals surface area contributed by atoms with Crippen LogP contribution in [0.1, 0.15) is 61.7 Å². The zero-order chi connectivity index (χ0) is 19.0. The molecule has 1 aliphatic rings. The number of likely N-dealkylation sites (N-methyl/N-ethyl adjacent to an activating group) is 1. The summed E-state index contributed by atoms with van der Waals surface area (Å²) in [6.07, 6.45) is 2.67. The first-order valence-corrected chi connectivity index (χ1v) is 9.24. The van der Waals surface area contributed by atoms with Crippen LogP contribution in [-0.2, 0) is 14.3 Å². The van der Waals surface area contributed by atoms with E-state index in [4.69, 9.17) is 4.74 Å². The van der Waals surface area contributed by atoms with Crippen molar-refractivity contribution in [3.05, 3.63) is 0 Å². The van der Waals surface area contributed by atoms with Crippen LogP contribution in [0.3, 0.4) is 0 Å². The Morgan fingerprint density at radius 2 is 1.80 bits per heavy atom. The maximum atomic E-state index is 12.8. The molecule has 1 rings (SSSR count). The van der Waals surface area contributed by atoms with Gasteiger partial charge in [-0.05, 0) is 47.0 Å². The number of hydrogen-bond acceptors (Lipinski definition) is 4. The van der Waals surface area contributed by atoms with E-state index in [1.165, 1.54) is 4.90 Å². The average Bonchev–Trinajstić information content (AvgIpc) is 3.04. The van der Waals surface area contributed by atoms with Gasteiger partial charge in [-0.3, -0.25) is 9.59 Å². The van der Waals surface area contributed by atoms with Crippen molar-refractivity contribution in [2.24, 2.45) is 0 Å². The van der Waals surface area contributed by atoms with E-state index in [1.54, 1.807) is 25.7 Å². The molecule has 0 spiro atoms. The highest BCUT2D eigenvalue weighted by Crippen LogP contribution is 2.11. The number of hydrogen-bond donors (Lipinski definition) is 1. The van der Waals surface area contributed by atoms with Gasteiger partial charge in [0.25, 0.3) is 0 Å². The molecule has 0 aromatic carbocycles. The number of rotatable bonds is 7. The van der Waals surface area contributed by atoms with Gasteiger partial charge in [-0.1, -0.05) is 13.3 Å². The largest absolute Gasteiger partial charge is 0.444 e. The van der Waals surface area contributed by atoms with Crippen molar-refractivity contribution in [1.82, 2.24) is 15.1 Å². The highest BCUT2D eigenvalue weighted by Gasteiger charge is 2.29. The van der Waals surface area contributed by atoms with E-state index in [1.807, 2.05) is 13.8 Å². The minimum Gasteiger partial charge on any atom is -0.444 e. The van der Waals surface area contributed by atoms with Gasteiger partial charge < -0.3 is 19.9 Å². The molecule has 7 heteroatoms. The second kappa shape index (κ2) is 9.63. The first-order valence-electron chi connectivity index (χ1n) is 9.24. The number of nitrogens with zero attached hydrogens (tertiary/aromatic N) is 2. The molecular formula is C18H35N3O4. The van der Waals surface area contributed by atoms with E-state index in [0.29, 0.717) is 13.0 Å². The SMILES string of the molecule is CCCC(NC(=O)OC(C)(C)C)C(=O)N(CC)CC(=O)N1CCCC1.[HH]. The molecule has 0 saturated carbocycles. The topological polar surface area (TPSA) is 79.0 Å². The second-order valence-corrected chi connectivity index (χ2v) is 7.43. The number of carbonyl (C=O) groups excluding carboxylic acids is 3. The molecular weight excluding hydrogens is 322 g/mol. The Balaban J connectivity index is 0.00000625. The lowest BCUT2D eigenvalue weighted by molar-refractivity contribution is -0.141. The molecule has 1 aliphatic heterocycles. The summed E-state index contributed by atoms with van der Waals surface area (Å²) in [4.78, 5) is 40.5. The lowest BCUT2D eigenvalue weighted by Gasteiger charge is -2.29. The summed E-state index contributed by atoms with van der Waals surface area (Å²) in [5.41, 5.74) is -0.625. The van der Waals surface area contributed by atoms with Gasteiger partial charge in [-0.25, -0.2) is 4.79 Å². The van der Waals surface area contributed by atoms with E-state index in [0.717, 1.165) is 32.4 Å². The third-order valence-corrected chi connectivity index (χ3v) is 4.04. The maximum Gasteiger partial charge on any atom is 0.408 e. The normalized spacial score (nSPS) is 15.6. The second-order valence-electron chi connectivity index (χ2n) is 7.43. The van der Waals surface area contributed by atoms with Crippen molar-refractivity contribution in [1.29, 1.82) is 0 Å². The monoisotopic (exact) mass is 357 g/mol. The fraction of sp³-hybridized carbons (Fsp3) is 0.833. The number of nitrogens with one attached hydrogen (secondary N) is 1. The predicted octanol–water partition coefficient (Wildman–Crippen LogP) is 2.40. The fourth-order valence-electron chi connectivity index (χ4n) is 2.79. The average molecular weight is 357 g/mol. The van der Waals surface area contributed by atoms with Crippen LogP contribution in [0.2, 0.25) is 0 Å². The third kappa shape index (κ3) is 7.32. The Labute approximate surface area is 152 Å². The molecule has 0 aromatic heterocycles. The zero-order valence-electron chi connectivity index (χ0n) is 16.3. The third-order valence-electron chi connectivity index (χ3n) is 4.04. The van der Waals surface area contributed by atoms with E-state index in [2.05, 4.69) is 5.32 Å². The van der Waals surface area contributed by atoms with Crippen LogP contribution in [-0.4, -0.2) is 65.5 Å². The van der Waals surface area contributed by atoms with E-state index in [9.17, 15) is 14.4 Å². The molecule has 7 nitrogen and oxygen atoms in total. The Morgan fingerprint density at radius 1 is 1.20 bits per heavy atom. The van der Waals surface area contributed by atoms with Crippen LogP contribution in [0.4, 0.5) is 4.79 Å². The minimum absolute atomic E-state index is 0. The molecule has 3 amide bonds. The van der Waals surface area contributed by atoms with Gasteiger partial charge in [-0.2, -0.15) is 0 Å². The molecule has 0 radical (unpaired) electrons. The molecule has 0 aliphatic carbocycles. The molecule has 1 heterocycles. The molecule has 1 N–H and O–H groups in total. The van der Waals surface area contributed by atoms with E-state index < -0.39 is 17.7 Å². The molecule has 1 unspecified atom stereocenters. The van der Waals surface area contributed by atoms with Crippen LogP contribution in [0, 0.1) is 0 Å². The number of carbonyl (C=O) groups is 3. The Morgan fingerprint density at radius 3 is 2.28 bits per heavy atom. The molecule has 1 saturated heterocycles. The van der Waals surface area contributed by atoms with Crippen molar-refractivity contribution in [2.45, 2.75) is 71.9 Å². The summed E-state index contributed by atoms with van der Waals surface area (Å²) in [7, 11) is 0. The van der Waals surface area contributed by atoms with Gasteiger partial charge in [0, 0.05) is 21.1 Å². The quantitative estimate of drug-likeness (QED) is 0.759. The Hall–Kier alpha value is -1.79. The zero-order valence-corrected chi connectivity index (χ0v) is 16.3. The summed E-state index contributed by atoms with van der Waals surface area (Å²) in [5.74, 6) is -0.261. The minimum atomic E-state index is -0.675. The van der Waals surface area contributed by atoms with Crippen LogP contribution in [0.15, 0.2) is 0 Å². The molecule has 1 atom stereocenters. The predicted molar refractivity (Wildman–Crippen MR) is 98.2 cm³/mol. The van der Waals surface area contributed by atoms with Crippen molar-refractivity contribution in [3.63, 3.8) is 0 Å². The van der Waals surface area contributed by atoms with Gasteiger partial charge in [-0.15, -0.1) is 0 Å². The van der Waals surface area contributed by atoms with E-state index >= 15 is 0 Å². The summed E-state index contributed by atoms with van der Waals surface area (Å²) in [6, 6.07) is -0.675. The first kappa shape index (κ1) is 21.3. The van der Waals surface area contributed by atoms with Crippen molar-refractivity contribution < 1.29 is 20.5 Å². The highest BCUT2D eigenvalue weighted by atomic mass is 16.6. The van der Waals surface area contributed by atoms with Crippen molar-refractivity contribution >= 4 is 17.9 Å². The molecule has 0 aromatic rings. The molecule has 1 fully saturated rings. The van der Waals surface area contributed by atoms with Crippen molar-refractivity contribution in [2.75, 3.05) is 26.2 Å². The number of likely N-dealkylation sites (tertiary alicyclic amines) is 1. The molecule has 146 valence electrons. The van der Waals surface area contributed by atoms with Gasteiger partial charge in [0.05, 0.1) is 6.54 Å². The summed E-state index contributed by atoms with van der Waals surface area (Å²) in [5, 5.41) is 2.65. The first-order chi connectivity index (χ1) is 11.7. The van der Waals surface area contributed by atoms with Crippen molar-refractivity contribution in [3.8, 4) is 0 Å². The molecule has 25 heavy (non-hydrogen) atoms. The Kier molecular flexibility index (Phi) is 8.19. The van der Waals surface area contributed by atoms with Crippen LogP contribution < -0.4 is 5.32 Å². The lowest BCUT2D eigenvalue weighted by atomic mass is 10.1. The van der Waals surface area contributed by atoms with Gasteiger partial charge in [0.1, 0.15) is 11.6 Å². The standard InChI is InChI=1S/C18H33N3O4.H2/c1-6-10-14(19-17(24)25-18(3,4)5)16(23)20(7-2)13-15(22)21-11-8-9-12-21;/h14H,6-13H2,1-5H3,(H,19,24);1H. The van der Waals surface area contributed by atoms with Gasteiger partial charge in [0.15, 0.2) is 0 Å². The summed E-state index contributed by atoms with van der Waals surface area (Å²) >= 11 is 0. The Bertz CT molecular complexity index is 474. The number of alkyl carbamates (subject to hydrolysis) is 1. The van der Waals surface area contributed by atoms with Crippen LogP contribution >= 0.6 is 0 Å². The molecule has 0 bridgehead atoms. The van der Waals surface area contributed by atoms with E-state index in [-0.39, 0.29) is 19.8 Å². The van der Waals surface area contributed by atoms with Crippen LogP contribution in [0.25, 0.3) is 0 Å². The van der Waals surface area contributed by atoms with Crippen LogP contribution in [0.5, 0.6) is 0 Å². The van der Waals surface area contributed by atoms with Gasteiger partial charge in [0.2, 0.25) is 11.8 Å². The maximum absolute atomic E-state index is 12.8. The smallest absolute Gasteiger partial charge is 0.408 e. The van der Waals surface area contributed by atoms with Gasteiger partial charge >= 0.3 is 6.09 Å².